The van der Waals surface area contributed by atoms with Gasteiger partial charge >= 0.3 is 5.69 Å². The molecular formula is C17H16BrN3O5. The highest BCUT2D eigenvalue weighted by Gasteiger charge is 2.16. The number of hydrogen-bond acceptors (Lipinski definition) is 6. The summed E-state index contributed by atoms with van der Waals surface area (Å²) in [5.74, 6) is 0.0659. The predicted octanol–water partition coefficient (Wildman–Crippen LogP) is 3.20. The maximum Gasteiger partial charge on any atom is 0.311 e. The van der Waals surface area contributed by atoms with Crippen LogP contribution < -0.4 is 14.9 Å². The summed E-state index contributed by atoms with van der Waals surface area (Å²) in [5.41, 5.74) is 3.49. The molecule has 0 saturated heterocycles. The highest BCUT2D eigenvalue weighted by atomic mass is 79.9. The van der Waals surface area contributed by atoms with E-state index in [-0.39, 0.29) is 11.4 Å². The first-order valence-corrected chi connectivity index (χ1v) is 8.23. The van der Waals surface area contributed by atoms with Crippen LogP contribution in [0.5, 0.6) is 11.5 Å². The third-order valence-electron chi connectivity index (χ3n) is 3.25. The lowest BCUT2D eigenvalue weighted by atomic mass is 10.2. The summed E-state index contributed by atoms with van der Waals surface area (Å²) in [7, 11) is 1.53. The Balaban J connectivity index is 1.96. The Kier molecular flexibility index (Phi) is 6.67. The van der Waals surface area contributed by atoms with Gasteiger partial charge in [0.25, 0.3) is 5.91 Å². The zero-order chi connectivity index (χ0) is 19.1. The molecule has 0 spiro atoms. The van der Waals surface area contributed by atoms with Crippen molar-refractivity contribution >= 4 is 33.7 Å². The van der Waals surface area contributed by atoms with Crippen LogP contribution in [0, 0.1) is 17.0 Å². The van der Waals surface area contributed by atoms with Crippen molar-refractivity contribution < 1.29 is 19.2 Å². The highest BCUT2D eigenvalue weighted by Crippen LogP contribution is 2.27. The lowest BCUT2D eigenvalue weighted by Crippen LogP contribution is -2.24. The van der Waals surface area contributed by atoms with Gasteiger partial charge in [-0.05, 0) is 36.8 Å². The number of halogens is 1. The number of nitro benzene ring substituents is 1. The average molecular weight is 422 g/mol. The molecule has 136 valence electrons. The molecule has 0 aromatic heterocycles. The van der Waals surface area contributed by atoms with E-state index in [0.717, 1.165) is 10.0 Å². The second kappa shape index (κ2) is 8.95. The maximum absolute atomic E-state index is 11.8. The number of ether oxygens (including phenoxy) is 2. The minimum atomic E-state index is -0.558. The van der Waals surface area contributed by atoms with Crippen molar-refractivity contribution in [2.24, 2.45) is 5.10 Å². The number of hydrogen-bond donors (Lipinski definition) is 1. The molecule has 0 heterocycles. The lowest BCUT2D eigenvalue weighted by Gasteiger charge is -2.07. The monoisotopic (exact) mass is 421 g/mol. The van der Waals surface area contributed by atoms with E-state index in [4.69, 9.17) is 9.47 Å². The topological polar surface area (TPSA) is 103 Å². The fourth-order valence-electron chi connectivity index (χ4n) is 2.05. The Bertz CT molecular complexity index is 854. The zero-order valence-electron chi connectivity index (χ0n) is 14.1. The molecule has 1 N–H and O–H groups in total. The molecule has 0 fully saturated rings. The van der Waals surface area contributed by atoms with Crippen LogP contribution in [-0.4, -0.2) is 30.8 Å². The van der Waals surface area contributed by atoms with Crippen molar-refractivity contribution in [1.29, 1.82) is 0 Å². The Labute approximate surface area is 158 Å². The largest absolute Gasteiger partial charge is 0.496 e. The molecule has 2 aromatic rings. The summed E-state index contributed by atoms with van der Waals surface area (Å²) in [5, 5.41) is 14.9. The Morgan fingerprint density at radius 2 is 2.04 bits per heavy atom. The van der Waals surface area contributed by atoms with E-state index in [9.17, 15) is 14.9 Å². The Hall–Kier alpha value is -2.94. The van der Waals surface area contributed by atoms with Crippen LogP contribution in [0.4, 0.5) is 5.69 Å². The third kappa shape index (κ3) is 5.28. The lowest BCUT2D eigenvalue weighted by molar-refractivity contribution is -0.385. The fourth-order valence-corrected chi connectivity index (χ4v) is 2.43. The smallest absolute Gasteiger partial charge is 0.311 e. The van der Waals surface area contributed by atoms with Gasteiger partial charge < -0.3 is 9.47 Å². The van der Waals surface area contributed by atoms with Gasteiger partial charge in [-0.25, -0.2) is 5.43 Å². The van der Waals surface area contributed by atoms with Crippen molar-refractivity contribution in [3.05, 3.63) is 62.1 Å². The van der Waals surface area contributed by atoms with Crippen LogP contribution in [0.1, 0.15) is 11.1 Å². The number of amides is 1. The number of nitro groups is 1. The molecule has 26 heavy (non-hydrogen) atoms. The standard InChI is InChI=1S/C17H16BrN3O5/c1-11-3-5-16(14(7-11)21(23)24)26-10-17(22)20-19-9-12-8-13(18)4-6-15(12)25-2/h3-9H,10H2,1-2H3,(H,20,22)/b19-9-. The van der Waals surface area contributed by atoms with E-state index in [2.05, 4.69) is 26.5 Å². The zero-order valence-corrected chi connectivity index (χ0v) is 15.6. The van der Waals surface area contributed by atoms with Crippen LogP contribution in [0.3, 0.4) is 0 Å². The third-order valence-corrected chi connectivity index (χ3v) is 3.75. The van der Waals surface area contributed by atoms with Crippen LogP contribution in [0.25, 0.3) is 0 Å². The van der Waals surface area contributed by atoms with Crippen molar-refractivity contribution in [2.75, 3.05) is 13.7 Å². The molecule has 0 saturated carbocycles. The molecule has 9 heteroatoms. The van der Waals surface area contributed by atoms with Gasteiger partial charge in [0, 0.05) is 16.1 Å². The highest BCUT2D eigenvalue weighted by molar-refractivity contribution is 9.10. The minimum Gasteiger partial charge on any atom is -0.496 e. The molecular weight excluding hydrogens is 406 g/mol. The second-order valence-electron chi connectivity index (χ2n) is 5.20. The maximum atomic E-state index is 11.8. The van der Waals surface area contributed by atoms with E-state index in [1.807, 2.05) is 6.07 Å². The van der Waals surface area contributed by atoms with E-state index in [0.29, 0.717) is 11.3 Å². The minimum absolute atomic E-state index is 0.0217. The van der Waals surface area contributed by atoms with Gasteiger partial charge in [0.05, 0.1) is 18.2 Å². The van der Waals surface area contributed by atoms with Crippen LogP contribution in [-0.2, 0) is 4.79 Å². The number of nitrogens with zero attached hydrogens (tertiary/aromatic N) is 2. The first kappa shape index (κ1) is 19.4. The normalized spacial score (nSPS) is 10.6. The molecule has 0 radical (unpaired) electrons. The fraction of sp³-hybridized carbons (Fsp3) is 0.176. The number of benzene rings is 2. The first-order valence-electron chi connectivity index (χ1n) is 7.44. The number of methoxy groups -OCH3 is 1. The summed E-state index contributed by atoms with van der Waals surface area (Å²) in [6.45, 7) is 1.32. The van der Waals surface area contributed by atoms with E-state index in [1.54, 1.807) is 25.1 Å². The van der Waals surface area contributed by atoms with Gasteiger partial charge in [0.15, 0.2) is 12.4 Å². The van der Waals surface area contributed by atoms with Crippen molar-refractivity contribution in [3.63, 3.8) is 0 Å². The van der Waals surface area contributed by atoms with Crippen molar-refractivity contribution in [3.8, 4) is 11.5 Å². The summed E-state index contributed by atoms with van der Waals surface area (Å²) in [4.78, 5) is 22.3. The molecule has 2 rings (SSSR count). The molecule has 0 aliphatic rings. The molecule has 2 aromatic carbocycles. The predicted molar refractivity (Wildman–Crippen MR) is 99.8 cm³/mol. The summed E-state index contributed by atoms with van der Waals surface area (Å²) in [6, 6.07) is 9.85. The van der Waals surface area contributed by atoms with Gasteiger partial charge in [0.2, 0.25) is 0 Å². The molecule has 0 aliphatic heterocycles. The number of hydrazone groups is 1. The molecule has 0 aliphatic carbocycles. The summed E-state index contributed by atoms with van der Waals surface area (Å²) in [6.07, 6.45) is 1.43. The first-order chi connectivity index (χ1) is 12.4. The van der Waals surface area contributed by atoms with E-state index < -0.39 is 17.4 Å². The number of rotatable bonds is 7. The van der Waals surface area contributed by atoms with Gasteiger partial charge in [-0.15, -0.1) is 0 Å². The van der Waals surface area contributed by atoms with Gasteiger partial charge in [0.1, 0.15) is 5.75 Å². The quantitative estimate of drug-likeness (QED) is 0.419. The second-order valence-corrected chi connectivity index (χ2v) is 6.11. The summed E-state index contributed by atoms with van der Waals surface area (Å²) < 4.78 is 11.3. The molecule has 8 nitrogen and oxygen atoms in total. The molecule has 1 amide bonds. The molecule has 0 unspecified atom stereocenters. The SMILES string of the molecule is COc1ccc(Br)cc1/C=N\NC(=O)COc1ccc(C)cc1[N+](=O)[O-]. The number of aryl methyl sites for hydroxylation is 1. The van der Waals surface area contributed by atoms with Crippen LogP contribution in [0.2, 0.25) is 0 Å². The number of nitrogens with one attached hydrogen (secondary N) is 1. The molecule has 0 bridgehead atoms. The van der Waals surface area contributed by atoms with Gasteiger partial charge in [-0.1, -0.05) is 22.0 Å². The molecule has 0 atom stereocenters. The van der Waals surface area contributed by atoms with Crippen LogP contribution in [0.15, 0.2) is 46.0 Å². The van der Waals surface area contributed by atoms with Gasteiger partial charge in [-0.3, -0.25) is 14.9 Å². The number of carbonyl (C=O) groups excluding carboxylic acids is 1. The number of carbonyl (C=O) groups is 1. The Morgan fingerprint density at radius 3 is 2.73 bits per heavy atom. The Morgan fingerprint density at radius 1 is 1.31 bits per heavy atom. The summed E-state index contributed by atoms with van der Waals surface area (Å²) >= 11 is 3.34. The van der Waals surface area contributed by atoms with E-state index in [1.165, 1.54) is 25.5 Å². The van der Waals surface area contributed by atoms with Crippen molar-refractivity contribution in [1.82, 2.24) is 5.43 Å². The van der Waals surface area contributed by atoms with Gasteiger partial charge in [-0.2, -0.15) is 5.10 Å². The average Bonchev–Trinajstić information content (AvgIpc) is 2.60. The van der Waals surface area contributed by atoms with Crippen LogP contribution >= 0.6 is 15.9 Å². The van der Waals surface area contributed by atoms with Crippen molar-refractivity contribution in [2.45, 2.75) is 6.92 Å². The van der Waals surface area contributed by atoms with E-state index >= 15 is 0 Å².